The van der Waals surface area contributed by atoms with Crippen LogP contribution >= 0.6 is 11.8 Å². The number of aryl methyl sites for hydroxylation is 1. The van der Waals surface area contributed by atoms with Crippen LogP contribution in [0.3, 0.4) is 0 Å². The van der Waals surface area contributed by atoms with Gasteiger partial charge in [-0.1, -0.05) is 53.7 Å². The van der Waals surface area contributed by atoms with Crippen molar-refractivity contribution in [2.45, 2.75) is 50.9 Å². The van der Waals surface area contributed by atoms with E-state index in [0.717, 1.165) is 24.9 Å². The molecule has 4 rings (SSSR count). The topological polar surface area (TPSA) is 55.2 Å². The third-order valence-electron chi connectivity index (χ3n) is 5.74. The number of nitrogens with zero attached hydrogens (tertiary/aromatic N) is 3. The van der Waals surface area contributed by atoms with Crippen molar-refractivity contribution in [1.82, 2.24) is 14.5 Å². The molecular formula is C24H27N3O2S. The van der Waals surface area contributed by atoms with E-state index in [1.54, 1.807) is 4.57 Å². The quantitative estimate of drug-likeness (QED) is 0.457. The highest BCUT2D eigenvalue weighted by Crippen LogP contribution is 2.22. The summed E-state index contributed by atoms with van der Waals surface area (Å²) < 4.78 is 1.70. The minimum Gasteiger partial charge on any atom is -0.339 e. The van der Waals surface area contributed by atoms with Crippen LogP contribution in [0.1, 0.15) is 37.3 Å². The molecule has 6 heteroatoms. The van der Waals surface area contributed by atoms with Crippen LogP contribution in [0.15, 0.2) is 58.5 Å². The van der Waals surface area contributed by atoms with Crippen LogP contribution in [0.5, 0.6) is 0 Å². The van der Waals surface area contributed by atoms with E-state index in [2.05, 4.69) is 6.92 Å². The molecule has 0 aliphatic carbocycles. The van der Waals surface area contributed by atoms with Gasteiger partial charge in [-0.25, -0.2) is 4.98 Å². The molecule has 156 valence electrons. The number of thioether (sulfide) groups is 1. The number of likely N-dealkylation sites (tertiary alicyclic amines) is 1. The molecule has 0 radical (unpaired) electrons. The molecule has 0 saturated carbocycles. The van der Waals surface area contributed by atoms with E-state index in [1.807, 2.05) is 60.4 Å². The van der Waals surface area contributed by atoms with Gasteiger partial charge in [0.25, 0.3) is 5.56 Å². The van der Waals surface area contributed by atoms with Gasteiger partial charge >= 0.3 is 0 Å². The largest absolute Gasteiger partial charge is 0.339 e. The predicted molar refractivity (Wildman–Crippen MR) is 122 cm³/mol. The first-order valence-corrected chi connectivity index (χ1v) is 11.5. The first-order valence-electron chi connectivity index (χ1n) is 10.5. The van der Waals surface area contributed by atoms with Crippen molar-refractivity contribution in [3.63, 3.8) is 0 Å². The molecule has 3 aromatic rings. The van der Waals surface area contributed by atoms with E-state index in [0.29, 0.717) is 28.4 Å². The molecule has 0 unspecified atom stereocenters. The maximum atomic E-state index is 13.2. The van der Waals surface area contributed by atoms with Crippen molar-refractivity contribution in [3.8, 4) is 0 Å². The molecule has 2 aromatic carbocycles. The van der Waals surface area contributed by atoms with Crippen LogP contribution in [-0.4, -0.2) is 38.7 Å². The van der Waals surface area contributed by atoms with E-state index >= 15 is 0 Å². The second-order valence-corrected chi connectivity index (χ2v) is 8.95. The van der Waals surface area contributed by atoms with Crippen LogP contribution in [-0.2, 0) is 11.3 Å². The zero-order chi connectivity index (χ0) is 21.1. The second kappa shape index (κ2) is 9.04. The highest BCUT2D eigenvalue weighted by Gasteiger charge is 2.23. The van der Waals surface area contributed by atoms with Crippen molar-refractivity contribution in [2.75, 3.05) is 12.3 Å². The van der Waals surface area contributed by atoms with Crippen LogP contribution in [0.2, 0.25) is 0 Å². The minimum atomic E-state index is -0.0672. The molecule has 1 amide bonds. The molecule has 2 heterocycles. The van der Waals surface area contributed by atoms with Crippen molar-refractivity contribution < 1.29 is 4.79 Å². The lowest BCUT2D eigenvalue weighted by Crippen LogP contribution is -2.43. The Morgan fingerprint density at radius 2 is 1.90 bits per heavy atom. The smallest absolute Gasteiger partial charge is 0.262 e. The summed E-state index contributed by atoms with van der Waals surface area (Å²) in [5.41, 5.74) is 2.82. The Hall–Kier alpha value is -2.60. The van der Waals surface area contributed by atoms with Crippen molar-refractivity contribution in [3.05, 3.63) is 70.0 Å². The van der Waals surface area contributed by atoms with Crippen LogP contribution in [0, 0.1) is 6.92 Å². The van der Waals surface area contributed by atoms with Gasteiger partial charge in [-0.2, -0.15) is 0 Å². The molecule has 30 heavy (non-hydrogen) atoms. The third kappa shape index (κ3) is 4.43. The zero-order valence-electron chi connectivity index (χ0n) is 17.5. The van der Waals surface area contributed by atoms with Gasteiger partial charge < -0.3 is 4.90 Å². The summed E-state index contributed by atoms with van der Waals surface area (Å²) in [5, 5.41) is 1.20. The predicted octanol–water partition coefficient (Wildman–Crippen LogP) is 4.25. The van der Waals surface area contributed by atoms with E-state index in [4.69, 9.17) is 4.98 Å². The molecule has 0 spiro atoms. The van der Waals surface area contributed by atoms with Crippen LogP contribution in [0.4, 0.5) is 0 Å². The fourth-order valence-corrected chi connectivity index (χ4v) is 4.84. The Morgan fingerprint density at radius 1 is 1.13 bits per heavy atom. The van der Waals surface area contributed by atoms with Crippen LogP contribution in [0.25, 0.3) is 10.9 Å². The molecule has 0 N–H and O–H groups in total. The lowest BCUT2D eigenvalue weighted by Gasteiger charge is -2.33. The number of carbonyl (C=O) groups is 1. The van der Waals surface area contributed by atoms with Gasteiger partial charge in [0.1, 0.15) is 0 Å². The van der Waals surface area contributed by atoms with Gasteiger partial charge in [0, 0.05) is 12.6 Å². The summed E-state index contributed by atoms with van der Waals surface area (Å²) in [6.07, 6.45) is 3.30. The second-order valence-electron chi connectivity index (χ2n) is 8.01. The molecule has 0 bridgehead atoms. The average molecular weight is 422 g/mol. The number of carbonyl (C=O) groups excluding carboxylic acids is 1. The van der Waals surface area contributed by atoms with Crippen molar-refractivity contribution >= 4 is 28.6 Å². The number of rotatable bonds is 5. The summed E-state index contributed by atoms with van der Waals surface area (Å²) in [7, 11) is 0. The summed E-state index contributed by atoms with van der Waals surface area (Å²) in [6, 6.07) is 15.8. The SMILES string of the molecule is Cc1ccc(Cn2c(SCC(=O)N3CCCC[C@H]3C)nc3ccccc3c2=O)cc1. The number of amides is 1. The Bertz CT molecular complexity index is 1110. The van der Waals surface area contributed by atoms with Gasteiger partial charge in [-0.3, -0.25) is 14.2 Å². The highest BCUT2D eigenvalue weighted by atomic mass is 32.2. The number of fused-ring (bicyclic) bond motifs is 1. The number of aromatic nitrogens is 2. The zero-order valence-corrected chi connectivity index (χ0v) is 18.3. The Kier molecular flexibility index (Phi) is 6.23. The normalized spacial score (nSPS) is 16.7. The third-order valence-corrected chi connectivity index (χ3v) is 6.70. The lowest BCUT2D eigenvalue weighted by atomic mass is 10.0. The van der Waals surface area contributed by atoms with E-state index in [1.165, 1.54) is 23.7 Å². The number of benzene rings is 2. The maximum absolute atomic E-state index is 13.2. The fraction of sp³-hybridized carbons (Fsp3) is 0.375. The molecule has 5 nitrogen and oxygen atoms in total. The van der Waals surface area contributed by atoms with Gasteiger partial charge in [0.15, 0.2) is 5.16 Å². The van der Waals surface area contributed by atoms with Crippen LogP contribution < -0.4 is 5.56 Å². The fourth-order valence-electron chi connectivity index (χ4n) is 3.95. The minimum absolute atomic E-state index is 0.0672. The highest BCUT2D eigenvalue weighted by molar-refractivity contribution is 7.99. The number of hydrogen-bond donors (Lipinski definition) is 0. The molecule has 1 atom stereocenters. The molecule has 1 fully saturated rings. The first-order chi connectivity index (χ1) is 14.5. The summed E-state index contributed by atoms with van der Waals surface area (Å²) in [6.45, 7) is 5.42. The Labute approximate surface area is 181 Å². The number of para-hydroxylation sites is 1. The monoisotopic (exact) mass is 421 g/mol. The Morgan fingerprint density at radius 3 is 2.67 bits per heavy atom. The average Bonchev–Trinajstić information content (AvgIpc) is 2.76. The van der Waals surface area contributed by atoms with Gasteiger partial charge in [0.05, 0.1) is 23.2 Å². The maximum Gasteiger partial charge on any atom is 0.262 e. The first kappa shape index (κ1) is 20.7. The summed E-state index contributed by atoms with van der Waals surface area (Å²) in [4.78, 5) is 32.8. The van der Waals surface area contributed by atoms with Crippen molar-refractivity contribution in [2.24, 2.45) is 0 Å². The number of hydrogen-bond acceptors (Lipinski definition) is 4. The Balaban J connectivity index is 1.64. The van der Waals surface area contributed by atoms with Gasteiger partial charge in [-0.05, 0) is 50.8 Å². The molecular weight excluding hydrogens is 394 g/mol. The molecule has 1 aliphatic rings. The standard InChI is InChI=1S/C24H27N3O2S/c1-17-10-12-19(13-11-17)15-27-23(29)20-8-3-4-9-21(20)25-24(27)30-16-22(28)26-14-6-5-7-18(26)2/h3-4,8-13,18H,5-7,14-16H2,1-2H3/t18-/m1/s1. The van der Waals surface area contributed by atoms with E-state index in [9.17, 15) is 9.59 Å². The summed E-state index contributed by atoms with van der Waals surface area (Å²) >= 11 is 1.36. The van der Waals surface area contributed by atoms with Crippen molar-refractivity contribution in [1.29, 1.82) is 0 Å². The lowest BCUT2D eigenvalue weighted by molar-refractivity contribution is -0.131. The van der Waals surface area contributed by atoms with E-state index in [-0.39, 0.29) is 17.5 Å². The van der Waals surface area contributed by atoms with E-state index < -0.39 is 0 Å². The molecule has 1 aromatic heterocycles. The van der Waals surface area contributed by atoms with Gasteiger partial charge in [-0.15, -0.1) is 0 Å². The summed E-state index contributed by atoms with van der Waals surface area (Å²) in [5.74, 6) is 0.416. The molecule has 1 saturated heterocycles. The van der Waals surface area contributed by atoms with Gasteiger partial charge in [0.2, 0.25) is 5.91 Å². The molecule has 1 aliphatic heterocycles. The number of piperidine rings is 1.